The third kappa shape index (κ3) is 4.88. The molecule has 170 valence electrons. The smallest absolute Gasteiger partial charge is 0.180 e. The first-order chi connectivity index (χ1) is 16.2. The number of rotatable bonds is 7. The van der Waals surface area contributed by atoms with E-state index in [0.717, 1.165) is 44.2 Å². The van der Waals surface area contributed by atoms with Gasteiger partial charge in [-0.3, -0.25) is 4.90 Å². The Morgan fingerprint density at radius 3 is 2.70 bits per heavy atom. The first-order valence-electron chi connectivity index (χ1n) is 10.8. The summed E-state index contributed by atoms with van der Waals surface area (Å²) in [5, 5.41) is 13.7. The molecule has 9 heteroatoms. The minimum Gasteiger partial charge on any atom is -0.506 e. The molecule has 0 radical (unpaired) electrons. The number of phenols is 1. The fourth-order valence-corrected chi connectivity index (χ4v) is 3.92. The molecule has 8 nitrogen and oxygen atoms in total. The maximum Gasteiger partial charge on any atom is 0.180 e. The second-order valence-electron chi connectivity index (χ2n) is 7.73. The number of phenolic OH excluding ortho intramolecular Hbond substituents is 1. The van der Waals surface area contributed by atoms with Crippen LogP contribution in [0.3, 0.4) is 0 Å². The Labute approximate surface area is 196 Å². The third-order valence-electron chi connectivity index (χ3n) is 5.55. The van der Waals surface area contributed by atoms with Gasteiger partial charge in [-0.25, -0.2) is 9.97 Å². The van der Waals surface area contributed by atoms with Crippen molar-refractivity contribution in [1.29, 1.82) is 0 Å². The maximum absolute atomic E-state index is 10.1. The van der Waals surface area contributed by atoms with E-state index in [9.17, 15) is 5.11 Å². The molecule has 3 N–H and O–H groups in total. The molecule has 2 aromatic carbocycles. The Balaban J connectivity index is 1.32. The molecule has 4 aromatic rings. The molecule has 0 aliphatic carbocycles. The van der Waals surface area contributed by atoms with Gasteiger partial charge < -0.3 is 24.9 Å². The number of pyridine rings is 1. The minimum absolute atomic E-state index is 0.127. The van der Waals surface area contributed by atoms with Gasteiger partial charge in [0.1, 0.15) is 29.4 Å². The van der Waals surface area contributed by atoms with Crippen molar-refractivity contribution >= 4 is 34.1 Å². The van der Waals surface area contributed by atoms with Crippen molar-refractivity contribution in [1.82, 2.24) is 19.9 Å². The average Bonchev–Trinajstić information content (AvgIpc) is 3.28. The van der Waals surface area contributed by atoms with Crippen LogP contribution in [0, 0.1) is 0 Å². The summed E-state index contributed by atoms with van der Waals surface area (Å²) in [6.07, 6.45) is 1.54. The van der Waals surface area contributed by atoms with E-state index in [-0.39, 0.29) is 5.75 Å². The van der Waals surface area contributed by atoms with Crippen LogP contribution in [0.4, 0.5) is 11.4 Å². The number of para-hydroxylation sites is 2. The van der Waals surface area contributed by atoms with Gasteiger partial charge in [-0.05, 0) is 36.4 Å². The van der Waals surface area contributed by atoms with Gasteiger partial charge in [0, 0.05) is 25.2 Å². The Kier molecular flexibility index (Phi) is 6.30. The van der Waals surface area contributed by atoms with Crippen molar-refractivity contribution in [2.75, 3.05) is 44.8 Å². The number of aromatic hydroxyl groups is 1. The standard InChI is InChI=1S/C24H24ClN5O3/c25-18-15-26-24-22(21(18)27-19-3-1-2-4-20(19)31)28-23(29-24)16-5-7-17(8-6-16)33-14-11-30-9-12-32-13-10-30/h1-8,15,31H,9-14H2,(H2,26,27,28,29). The van der Waals surface area contributed by atoms with Crippen molar-refractivity contribution in [3.8, 4) is 22.9 Å². The highest BCUT2D eigenvalue weighted by atomic mass is 35.5. The molecule has 1 saturated heterocycles. The summed E-state index contributed by atoms with van der Waals surface area (Å²) >= 11 is 6.40. The highest BCUT2D eigenvalue weighted by molar-refractivity contribution is 6.34. The second kappa shape index (κ2) is 9.66. The Morgan fingerprint density at radius 1 is 1.12 bits per heavy atom. The maximum atomic E-state index is 10.1. The number of aromatic amines is 1. The van der Waals surface area contributed by atoms with Gasteiger partial charge in [-0.2, -0.15) is 0 Å². The van der Waals surface area contributed by atoms with E-state index < -0.39 is 0 Å². The molecule has 1 aliphatic heterocycles. The molecule has 0 saturated carbocycles. The number of H-pyrrole nitrogens is 1. The lowest BCUT2D eigenvalue weighted by atomic mass is 10.2. The fourth-order valence-electron chi connectivity index (χ4n) is 3.73. The summed E-state index contributed by atoms with van der Waals surface area (Å²) in [7, 11) is 0. The molecule has 5 rings (SSSR count). The van der Waals surface area contributed by atoms with Crippen molar-refractivity contribution in [3.05, 3.63) is 59.8 Å². The number of hydrogen-bond donors (Lipinski definition) is 3. The van der Waals surface area contributed by atoms with Crippen LogP contribution >= 0.6 is 11.6 Å². The first kappa shape index (κ1) is 21.5. The molecule has 1 fully saturated rings. The molecule has 0 unspecified atom stereocenters. The number of benzene rings is 2. The molecule has 2 aromatic heterocycles. The number of imidazole rings is 1. The number of hydrogen-bond acceptors (Lipinski definition) is 7. The van der Waals surface area contributed by atoms with Gasteiger partial charge in [0.15, 0.2) is 5.65 Å². The lowest BCUT2D eigenvalue weighted by Crippen LogP contribution is -2.38. The number of nitrogens with zero attached hydrogens (tertiary/aromatic N) is 3. The quantitative estimate of drug-likeness (QED) is 0.347. The monoisotopic (exact) mass is 465 g/mol. The topological polar surface area (TPSA) is 95.5 Å². The van der Waals surface area contributed by atoms with Crippen LogP contribution in [0.15, 0.2) is 54.7 Å². The summed E-state index contributed by atoms with van der Waals surface area (Å²) < 4.78 is 11.3. The summed E-state index contributed by atoms with van der Waals surface area (Å²) in [4.78, 5) is 14.6. The van der Waals surface area contributed by atoms with Crippen molar-refractivity contribution in [2.45, 2.75) is 0 Å². The van der Waals surface area contributed by atoms with E-state index in [4.69, 9.17) is 21.1 Å². The van der Waals surface area contributed by atoms with Crippen LogP contribution in [-0.4, -0.2) is 64.4 Å². The van der Waals surface area contributed by atoms with Gasteiger partial charge in [0.25, 0.3) is 0 Å². The zero-order valence-corrected chi connectivity index (χ0v) is 18.7. The molecule has 0 atom stereocenters. The lowest BCUT2D eigenvalue weighted by Gasteiger charge is -2.26. The number of nitrogens with one attached hydrogen (secondary N) is 2. The predicted octanol–water partition coefficient (Wildman–Crippen LogP) is 4.44. The van der Waals surface area contributed by atoms with E-state index in [2.05, 4.69) is 25.2 Å². The molecular weight excluding hydrogens is 442 g/mol. The molecule has 1 aliphatic rings. The molecule has 3 heterocycles. The zero-order valence-electron chi connectivity index (χ0n) is 17.9. The molecule has 0 spiro atoms. The van der Waals surface area contributed by atoms with E-state index in [0.29, 0.717) is 40.0 Å². The van der Waals surface area contributed by atoms with Crippen molar-refractivity contribution < 1.29 is 14.6 Å². The van der Waals surface area contributed by atoms with E-state index >= 15 is 0 Å². The third-order valence-corrected chi connectivity index (χ3v) is 5.83. The Morgan fingerprint density at radius 2 is 1.91 bits per heavy atom. The molecule has 0 amide bonds. The van der Waals surface area contributed by atoms with Crippen LogP contribution in [0.25, 0.3) is 22.6 Å². The van der Waals surface area contributed by atoms with E-state index in [1.165, 1.54) is 0 Å². The van der Waals surface area contributed by atoms with Crippen LogP contribution in [-0.2, 0) is 4.74 Å². The van der Waals surface area contributed by atoms with Crippen LogP contribution in [0.2, 0.25) is 5.02 Å². The Bertz CT molecular complexity index is 1240. The number of anilines is 2. The number of morpholine rings is 1. The second-order valence-corrected chi connectivity index (χ2v) is 8.14. The summed E-state index contributed by atoms with van der Waals surface area (Å²) in [5.74, 6) is 1.61. The first-order valence-corrected chi connectivity index (χ1v) is 11.2. The van der Waals surface area contributed by atoms with E-state index in [1.807, 2.05) is 30.3 Å². The lowest BCUT2D eigenvalue weighted by molar-refractivity contribution is 0.0322. The highest BCUT2D eigenvalue weighted by Crippen LogP contribution is 2.35. The minimum atomic E-state index is 0.127. The SMILES string of the molecule is Oc1ccccc1Nc1c(Cl)cnc2nc(-c3ccc(OCCN4CCOCC4)cc3)[nH]c12. The number of ether oxygens (including phenoxy) is 2. The molecule has 0 bridgehead atoms. The van der Waals surface area contributed by atoms with Crippen molar-refractivity contribution in [2.24, 2.45) is 0 Å². The van der Waals surface area contributed by atoms with Gasteiger partial charge in [-0.15, -0.1) is 0 Å². The van der Waals surface area contributed by atoms with E-state index in [1.54, 1.807) is 24.4 Å². The highest BCUT2D eigenvalue weighted by Gasteiger charge is 2.15. The largest absolute Gasteiger partial charge is 0.506 e. The van der Waals surface area contributed by atoms with Gasteiger partial charge in [0.2, 0.25) is 0 Å². The summed E-state index contributed by atoms with van der Waals surface area (Å²) in [6, 6.07) is 14.8. The van der Waals surface area contributed by atoms with Crippen LogP contribution in [0.5, 0.6) is 11.5 Å². The van der Waals surface area contributed by atoms with Crippen LogP contribution in [0.1, 0.15) is 0 Å². The summed E-state index contributed by atoms with van der Waals surface area (Å²) in [6.45, 7) is 4.99. The summed E-state index contributed by atoms with van der Waals surface area (Å²) in [5.41, 5.74) is 3.23. The fraction of sp³-hybridized carbons (Fsp3) is 0.250. The zero-order chi connectivity index (χ0) is 22.6. The normalized spacial score (nSPS) is 14.5. The molecule has 33 heavy (non-hydrogen) atoms. The van der Waals surface area contributed by atoms with Gasteiger partial charge in [-0.1, -0.05) is 23.7 Å². The Hall–Kier alpha value is -3.33. The molecular formula is C24H24ClN5O3. The van der Waals surface area contributed by atoms with Gasteiger partial charge in [0.05, 0.1) is 35.8 Å². The predicted molar refractivity (Wildman–Crippen MR) is 128 cm³/mol. The van der Waals surface area contributed by atoms with Crippen molar-refractivity contribution in [3.63, 3.8) is 0 Å². The van der Waals surface area contributed by atoms with Gasteiger partial charge >= 0.3 is 0 Å². The number of fused-ring (bicyclic) bond motifs is 1. The average molecular weight is 466 g/mol. The van der Waals surface area contributed by atoms with Crippen LogP contribution < -0.4 is 10.1 Å². The number of aromatic nitrogens is 3. The number of halogens is 1.